The molecule has 3 rings (SSSR count). The normalized spacial score (nSPS) is 18.7. The van der Waals surface area contributed by atoms with Crippen molar-refractivity contribution in [2.24, 2.45) is 0 Å². The van der Waals surface area contributed by atoms with Crippen molar-refractivity contribution in [3.05, 3.63) is 23.8 Å². The molecule has 0 spiro atoms. The number of carbonyl (C=O) groups excluding carboxylic acids is 1. The van der Waals surface area contributed by atoms with E-state index in [0.29, 0.717) is 19.9 Å². The highest BCUT2D eigenvalue weighted by atomic mass is 35.5. The topological polar surface area (TPSA) is 42.0 Å². The van der Waals surface area contributed by atoms with Crippen LogP contribution in [0.2, 0.25) is 0 Å². The lowest BCUT2D eigenvalue weighted by Crippen LogP contribution is -2.46. The highest BCUT2D eigenvalue weighted by Gasteiger charge is 2.20. The highest BCUT2D eigenvalue weighted by molar-refractivity contribution is 6.62. The summed E-state index contributed by atoms with van der Waals surface area (Å²) in [6.45, 7) is 4.20. The summed E-state index contributed by atoms with van der Waals surface area (Å²) < 4.78 is 10.7. The molecule has 0 aromatic heterocycles. The molecule has 0 unspecified atom stereocenters. The van der Waals surface area contributed by atoms with Crippen molar-refractivity contribution in [2.45, 2.75) is 6.54 Å². The number of carbonyl (C=O) groups is 1. The summed E-state index contributed by atoms with van der Waals surface area (Å²) in [7, 11) is 0. The van der Waals surface area contributed by atoms with Gasteiger partial charge in [0.05, 0.1) is 0 Å². The Morgan fingerprint density at radius 2 is 1.89 bits per heavy atom. The molecule has 0 saturated carbocycles. The van der Waals surface area contributed by atoms with Gasteiger partial charge in [-0.1, -0.05) is 6.07 Å². The van der Waals surface area contributed by atoms with Crippen molar-refractivity contribution >= 4 is 17.0 Å². The van der Waals surface area contributed by atoms with Crippen LogP contribution in [0.15, 0.2) is 18.2 Å². The van der Waals surface area contributed by atoms with Crippen LogP contribution in [-0.2, 0) is 6.54 Å². The van der Waals surface area contributed by atoms with E-state index >= 15 is 0 Å². The fraction of sp³-hybridized carbons (Fsp3) is 0.462. The maximum absolute atomic E-state index is 11.0. The molecule has 1 fully saturated rings. The SMILES string of the molecule is O=C(Cl)N1CCN(Cc2ccc3c(c2)OCO3)CC1. The number of amides is 1. The van der Waals surface area contributed by atoms with Crippen LogP contribution in [-0.4, -0.2) is 48.1 Å². The Hall–Kier alpha value is -1.46. The van der Waals surface area contributed by atoms with Crippen LogP contribution in [0, 0.1) is 0 Å². The average molecular weight is 283 g/mol. The van der Waals surface area contributed by atoms with Crippen molar-refractivity contribution in [3.63, 3.8) is 0 Å². The molecule has 1 saturated heterocycles. The van der Waals surface area contributed by atoms with Gasteiger partial charge in [-0.2, -0.15) is 0 Å². The third kappa shape index (κ3) is 2.77. The van der Waals surface area contributed by atoms with Gasteiger partial charge in [0, 0.05) is 32.7 Å². The average Bonchev–Trinajstić information content (AvgIpc) is 2.87. The van der Waals surface area contributed by atoms with E-state index < -0.39 is 0 Å². The van der Waals surface area contributed by atoms with Crippen LogP contribution in [0.4, 0.5) is 4.79 Å². The maximum atomic E-state index is 11.0. The van der Waals surface area contributed by atoms with Gasteiger partial charge in [0.25, 0.3) is 0 Å². The lowest BCUT2D eigenvalue weighted by molar-refractivity contribution is 0.148. The molecule has 1 aromatic carbocycles. The van der Waals surface area contributed by atoms with Crippen LogP contribution >= 0.6 is 11.6 Å². The Labute approximate surface area is 116 Å². The predicted octanol–water partition coefficient (Wildman–Crippen LogP) is 1.89. The van der Waals surface area contributed by atoms with Crippen LogP contribution in [0.3, 0.4) is 0 Å². The molecule has 0 N–H and O–H groups in total. The van der Waals surface area contributed by atoms with Gasteiger partial charge in [-0.15, -0.1) is 0 Å². The van der Waals surface area contributed by atoms with E-state index in [1.165, 1.54) is 5.56 Å². The minimum atomic E-state index is -0.359. The number of hydrogen-bond donors (Lipinski definition) is 0. The van der Waals surface area contributed by atoms with Gasteiger partial charge in [-0.25, -0.2) is 0 Å². The molecule has 2 aliphatic rings. The van der Waals surface area contributed by atoms with Crippen molar-refractivity contribution in [1.82, 2.24) is 9.80 Å². The summed E-state index contributed by atoms with van der Waals surface area (Å²) >= 11 is 5.47. The summed E-state index contributed by atoms with van der Waals surface area (Å²) in [6, 6.07) is 6.00. The van der Waals surface area contributed by atoms with Gasteiger partial charge < -0.3 is 14.4 Å². The number of ether oxygens (including phenoxy) is 2. The van der Waals surface area contributed by atoms with Gasteiger partial charge in [0.15, 0.2) is 11.5 Å². The Balaban J connectivity index is 1.59. The summed E-state index contributed by atoms with van der Waals surface area (Å²) in [5, 5.41) is -0.359. The van der Waals surface area contributed by atoms with E-state index in [0.717, 1.165) is 31.1 Å². The molecule has 0 atom stereocenters. The first-order valence-corrected chi connectivity index (χ1v) is 6.65. The first-order chi connectivity index (χ1) is 9.22. The zero-order valence-electron chi connectivity index (χ0n) is 10.5. The van der Waals surface area contributed by atoms with Crippen molar-refractivity contribution in [2.75, 3.05) is 33.0 Å². The molecule has 1 aromatic rings. The van der Waals surface area contributed by atoms with Crippen LogP contribution in [0.1, 0.15) is 5.56 Å². The Morgan fingerprint density at radius 1 is 1.16 bits per heavy atom. The lowest BCUT2D eigenvalue weighted by Gasteiger charge is -2.33. The fourth-order valence-electron chi connectivity index (χ4n) is 2.38. The van der Waals surface area contributed by atoms with E-state index in [2.05, 4.69) is 4.90 Å². The molecule has 5 nitrogen and oxygen atoms in total. The van der Waals surface area contributed by atoms with E-state index in [-0.39, 0.29) is 5.37 Å². The fourth-order valence-corrected chi connectivity index (χ4v) is 2.55. The van der Waals surface area contributed by atoms with Gasteiger partial charge in [0.2, 0.25) is 6.79 Å². The summed E-state index contributed by atoms with van der Waals surface area (Å²) in [6.07, 6.45) is 0. The van der Waals surface area contributed by atoms with Crippen molar-refractivity contribution in [3.8, 4) is 11.5 Å². The lowest BCUT2D eigenvalue weighted by atomic mass is 10.1. The quantitative estimate of drug-likeness (QED) is 0.614. The Morgan fingerprint density at radius 3 is 2.63 bits per heavy atom. The first kappa shape index (κ1) is 12.6. The smallest absolute Gasteiger partial charge is 0.316 e. The second-order valence-electron chi connectivity index (χ2n) is 4.70. The second-order valence-corrected chi connectivity index (χ2v) is 5.03. The van der Waals surface area contributed by atoms with Gasteiger partial charge in [0.1, 0.15) is 0 Å². The molecule has 1 amide bonds. The van der Waals surface area contributed by atoms with Gasteiger partial charge in [-0.05, 0) is 29.3 Å². The monoisotopic (exact) mass is 282 g/mol. The Kier molecular flexibility index (Phi) is 3.48. The van der Waals surface area contributed by atoms with Crippen molar-refractivity contribution in [1.29, 1.82) is 0 Å². The van der Waals surface area contributed by atoms with E-state index in [1.807, 2.05) is 18.2 Å². The van der Waals surface area contributed by atoms with Gasteiger partial charge >= 0.3 is 5.37 Å². The van der Waals surface area contributed by atoms with E-state index in [1.54, 1.807) is 4.90 Å². The summed E-state index contributed by atoms with van der Waals surface area (Å²) in [4.78, 5) is 15.0. The summed E-state index contributed by atoms with van der Waals surface area (Å²) in [5.41, 5.74) is 1.19. The third-order valence-electron chi connectivity index (χ3n) is 3.46. The van der Waals surface area contributed by atoms with Crippen LogP contribution < -0.4 is 9.47 Å². The number of halogens is 1. The third-order valence-corrected chi connectivity index (χ3v) is 3.70. The molecular formula is C13H15ClN2O3. The standard InChI is InChI=1S/C13H15ClN2O3/c14-13(17)16-5-3-15(4-6-16)8-10-1-2-11-12(7-10)19-9-18-11/h1-2,7H,3-6,8-9H2. The molecule has 0 radical (unpaired) electrons. The zero-order chi connectivity index (χ0) is 13.2. The number of benzene rings is 1. The molecule has 0 aliphatic carbocycles. The molecular weight excluding hydrogens is 268 g/mol. The number of fused-ring (bicyclic) bond motifs is 1. The van der Waals surface area contributed by atoms with E-state index in [4.69, 9.17) is 21.1 Å². The highest BCUT2D eigenvalue weighted by Crippen LogP contribution is 2.32. The zero-order valence-corrected chi connectivity index (χ0v) is 11.2. The molecule has 2 heterocycles. The Bertz CT molecular complexity index is 487. The van der Waals surface area contributed by atoms with Gasteiger partial charge in [-0.3, -0.25) is 9.69 Å². The first-order valence-electron chi connectivity index (χ1n) is 6.28. The van der Waals surface area contributed by atoms with Crippen LogP contribution in [0.5, 0.6) is 11.5 Å². The maximum Gasteiger partial charge on any atom is 0.316 e. The minimum Gasteiger partial charge on any atom is -0.454 e. The number of rotatable bonds is 2. The van der Waals surface area contributed by atoms with Crippen molar-refractivity contribution < 1.29 is 14.3 Å². The molecule has 6 heteroatoms. The molecule has 102 valence electrons. The van der Waals surface area contributed by atoms with E-state index in [9.17, 15) is 4.79 Å². The number of nitrogens with zero attached hydrogens (tertiary/aromatic N) is 2. The predicted molar refractivity (Wildman–Crippen MR) is 70.7 cm³/mol. The molecule has 19 heavy (non-hydrogen) atoms. The minimum absolute atomic E-state index is 0.301. The summed E-state index contributed by atoms with van der Waals surface area (Å²) in [5.74, 6) is 1.62. The molecule has 0 bridgehead atoms. The number of hydrogen-bond acceptors (Lipinski definition) is 4. The van der Waals surface area contributed by atoms with Crippen LogP contribution in [0.25, 0.3) is 0 Å². The number of piperazine rings is 1. The second kappa shape index (κ2) is 5.27. The molecule has 2 aliphatic heterocycles. The largest absolute Gasteiger partial charge is 0.454 e.